The first-order chi connectivity index (χ1) is 17.3. The van der Waals surface area contributed by atoms with Gasteiger partial charge in [-0.25, -0.2) is 4.79 Å². The van der Waals surface area contributed by atoms with Crippen molar-refractivity contribution in [2.24, 2.45) is 14.1 Å². The van der Waals surface area contributed by atoms with Gasteiger partial charge < -0.3 is 15.0 Å². The molecule has 6 rings (SSSR count). The Morgan fingerprint density at radius 1 is 0.861 bits per heavy atom. The van der Waals surface area contributed by atoms with Crippen LogP contribution in [-0.2, 0) is 14.1 Å². The summed E-state index contributed by atoms with van der Waals surface area (Å²) in [4.78, 5) is 26.9. The molecule has 2 aromatic heterocycles. The Bertz CT molecular complexity index is 1810. The number of anilines is 1. The molecule has 1 aliphatic heterocycles. The fourth-order valence-electron chi connectivity index (χ4n) is 5.36. The highest BCUT2D eigenvalue weighted by molar-refractivity contribution is 5.99. The van der Waals surface area contributed by atoms with Gasteiger partial charge in [-0.2, -0.15) is 0 Å². The van der Waals surface area contributed by atoms with Crippen molar-refractivity contribution in [3.8, 4) is 22.7 Å². The Morgan fingerprint density at radius 2 is 1.53 bits per heavy atom. The van der Waals surface area contributed by atoms with Gasteiger partial charge in [0.05, 0.1) is 39.7 Å². The van der Waals surface area contributed by atoms with Crippen LogP contribution in [0.5, 0.6) is 5.75 Å². The van der Waals surface area contributed by atoms with Crippen molar-refractivity contribution in [3.63, 3.8) is 0 Å². The van der Waals surface area contributed by atoms with Crippen molar-refractivity contribution in [1.29, 1.82) is 0 Å². The second kappa shape index (κ2) is 7.75. The Kier molecular flexibility index (Phi) is 4.73. The number of aromatic hydroxyl groups is 1. The van der Waals surface area contributed by atoms with Gasteiger partial charge in [0.1, 0.15) is 5.75 Å². The smallest absolute Gasteiger partial charge is 0.331 e. The number of aryl methyl sites for hydroxylation is 3. The summed E-state index contributed by atoms with van der Waals surface area (Å²) < 4.78 is 4.79. The first-order valence-electron chi connectivity index (χ1n) is 11.9. The minimum Gasteiger partial charge on any atom is -0.508 e. The summed E-state index contributed by atoms with van der Waals surface area (Å²) in [5.74, 6) is 0.137. The third-order valence-electron chi connectivity index (χ3n) is 7.33. The molecular weight excluding hydrogens is 452 g/mol. The molecule has 0 saturated carbocycles. The van der Waals surface area contributed by atoms with E-state index in [1.165, 1.54) is 11.6 Å². The summed E-state index contributed by atoms with van der Waals surface area (Å²) in [6.07, 6.45) is 0. The third kappa shape index (κ3) is 2.92. The number of aromatic nitrogens is 3. The van der Waals surface area contributed by atoms with Gasteiger partial charge in [-0.3, -0.25) is 13.9 Å². The highest BCUT2D eigenvalue weighted by Gasteiger charge is 2.35. The molecule has 1 unspecified atom stereocenters. The summed E-state index contributed by atoms with van der Waals surface area (Å²) in [5, 5.41) is 14.9. The number of nitrogens with one attached hydrogen (secondary N) is 1. The van der Waals surface area contributed by atoms with Crippen LogP contribution < -0.4 is 16.6 Å². The lowest BCUT2D eigenvalue weighted by atomic mass is 9.97. The first-order valence-corrected chi connectivity index (χ1v) is 11.9. The van der Waals surface area contributed by atoms with Gasteiger partial charge in [-0.1, -0.05) is 48.5 Å². The maximum atomic E-state index is 13.7. The van der Waals surface area contributed by atoms with E-state index < -0.39 is 11.7 Å². The zero-order valence-corrected chi connectivity index (χ0v) is 20.5. The molecule has 7 heteroatoms. The van der Waals surface area contributed by atoms with Crippen LogP contribution in [0, 0.1) is 13.8 Å². The van der Waals surface area contributed by atoms with Gasteiger partial charge in [0.15, 0.2) is 0 Å². The number of nitrogens with zero attached hydrogens (tertiary/aromatic N) is 3. The van der Waals surface area contributed by atoms with Gasteiger partial charge in [-0.15, -0.1) is 0 Å². The minimum absolute atomic E-state index is 0.137. The van der Waals surface area contributed by atoms with E-state index >= 15 is 0 Å². The third-order valence-corrected chi connectivity index (χ3v) is 7.33. The Morgan fingerprint density at radius 3 is 2.25 bits per heavy atom. The molecule has 7 nitrogen and oxygen atoms in total. The summed E-state index contributed by atoms with van der Waals surface area (Å²) in [5.41, 5.74) is 6.80. The van der Waals surface area contributed by atoms with Crippen LogP contribution >= 0.6 is 0 Å². The number of benzene rings is 3. The molecule has 0 fully saturated rings. The quantitative estimate of drug-likeness (QED) is 0.391. The molecule has 0 spiro atoms. The number of phenolic OH excluding ortho intramolecular Hbond substituents is 1. The van der Waals surface area contributed by atoms with E-state index in [1.54, 1.807) is 19.2 Å². The zero-order valence-electron chi connectivity index (χ0n) is 20.5. The number of hydrogen-bond acceptors (Lipinski definition) is 4. The molecular formula is C29H26N4O3. The molecule has 0 bridgehead atoms. The van der Waals surface area contributed by atoms with E-state index in [-0.39, 0.29) is 11.3 Å². The Labute approximate surface area is 207 Å². The van der Waals surface area contributed by atoms with Crippen LogP contribution in [0.15, 0.2) is 76.3 Å². The average molecular weight is 479 g/mol. The second-order valence-corrected chi connectivity index (χ2v) is 9.45. The van der Waals surface area contributed by atoms with Crippen molar-refractivity contribution >= 4 is 16.6 Å². The van der Waals surface area contributed by atoms with E-state index in [0.717, 1.165) is 44.0 Å². The van der Waals surface area contributed by atoms with Crippen LogP contribution in [0.4, 0.5) is 5.69 Å². The normalized spacial score (nSPS) is 14.4. The van der Waals surface area contributed by atoms with E-state index in [1.807, 2.05) is 42.5 Å². The molecule has 0 amide bonds. The number of phenols is 1. The number of hydrogen-bond donors (Lipinski definition) is 2. The maximum Gasteiger partial charge on any atom is 0.331 e. The lowest BCUT2D eigenvalue weighted by molar-refractivity contribution is 0.465. The van der Waals surface area contributed by atoms with Gasteiger partial charge >= 0.3 is 5.69 Å². The summed E-state index contributed by atoms with van der Waals surface area (Å²) in [6.45, 7) is 4.12. The predicted octanol–water partition coefficient (Wildman–Crippen LogP) is 4.53. The predicted molar refractivity (Wildman–Crippen MR) is 142 cm³/mol. The lowest BCUT2D eigenvalue weighted by Crippen LogP contribution is -2.37. The van der Waals surface area contributed by atoms with Crippen molar-refractivity contribution in [2.75, 3.05) is 5.32 Å². The first kappa shape index (κ1) is 22.0. The van der Waals surface area contributed by atoms with Crippen molar-refractivity contribution in [1.82, 2.24) is 13.7 Å². The average Bonchev–Trinajstić information content (AvgIpc) is 3.24. The molecule has 3 heterocycles. The molecule has 0 aliphatic carbocycles. The largest absolute Gasteiger partial charge is 0.508 e. The van der Waals surface area contributed by atoms with Crippen LogP contribution in [0.25, 0.3) is 27.8 Å². The van der Waals surface area contributed by atoms with Gasteiger partial charge in [-0.05, 0) is 48.7 Å². The highest BCUT2D eigenvalue weighted by Crippen LogP contribution is 2.47. The van der Waals surface area contributed by atoms with Crippen molar-refractivity contribution in [3.05, 3.63) is 110 Å². The van der Waals surface area contributed by atoms with E-state index in [4.69, 9.17) is 0 Å². The zero-order chi connectivity index (χ0) is 25.3. The van der Waals surface area contributed by atoms with E-state index in [0.29, 0.717) is 16.5 Å². The second-order valence-electron chi connectivity index (χ2n) is 9.45. The fourth-order valence-corrected chi connectivity index (χ4v) is 5.36. The molecule has 180 valence electrons. The van der Waals surface area contributed by atoms with Gasteiger partial charge in [0, 0.05) is 19.7 Å². The van der Waals surface area contributed by atoms with Gasteiger partial charge in [0.25, 0.3) is 5.56 Å². The number of para-hydroxylation sites is 1. The summed E-state index contributed by atoms with van der Waals surface area (Å²) >= 11 is 0. The molecule has 2 N–H and O–H groups in total. The summed E-state index contributed by atoms with van der Waals surface area (Å²) in [7, 11) is 3.20. The standard InChI is InChI=1S/C29H26N4O3/c1-16-14-20-21(15-17(16)2)33-25(18-10-6-5-7-11-18)23-26(31(3)29(36)32(4)28(23)35)27(33)24(30-20)19-12-8-9-13-22(19)34/h5-15,24,30,34H,1-4H3. The van der Waals surface area contributed by atoms with Crippen molar-refractivity contribution in [2.45, 2.75) is 19.9 Å². The number of fused-ring (bicyclic) bond motifs is 5. The Hall–Kier alpha value is -4.52. The molecule has 1 atom stereocenters. The summed E-state index contributed by atoms with van der Waals surface area (Å²) in [6, 6.07) is 20.6. The maximum absolute atomic E-state index is 13.7. The van der Waals surface area contributed by atoms with Crippen LogP contribution in [0.1, 0.15) is 28.4 Å². The fraction of sp³-hybridized carbons (Fsp3) is 0.172. The topological polar surface area (TPSA) is 81.2 Å². The lowest BCUT2D eigenvalue weighted by Gasteiger charge is -2.32. The van der Waals surface area contributed by atoms with Gasteiger partial charge in [0.2, 0.25) is 0 Å². The Balaban J connectivity index is 1.90. The molecule has 1 aliphatic rings. The molecule has 0 radical (unpaired) electrons. The van der Waals surface area contributed by atoms with Crippen LogP contribution in [0.3, 0.4) is 0 Å². The molecule has 0 saturated heterocycles. The molecule has 3 aromatic carbocycles. The highest BCUT2D eigenvalue weighted by atomic mass is 16.3. The van der Waals surface area contributed by atoms with E-state index in [9.17, 15) is 14.7 Å². The SMILES string of the molecule is Cc1cc2c(cc1C)-n1c(-c3ccccc3)c3c(=O)n(C)c(=O)n(C)c3c1C(c1ccccc1O)N2. The number of rotatable bonds is 2. The monoisotopic (exact) mass is 478 g/mol. The van der Waals surface area contributed by atoms with Crippen LogP contribution in [0.2, 0.25) is 0 Å². The van der Waals surface area contributed by atoms with Crippen LogP contribution in [-0.4, -0.2) is 18.8 Å². The molecule has 5 aromatic rings. The minimum atomic E-state index is -0.501. The molecule has 36 heavy (non-hydrogen) atoms. The van der Waals surface area contributed by atoms with E-state index in [2.05, 4.69) is 35.9 Å². The van der Waals surface area contributed by atoms with Crippen molar-refractivity contribution < 1.29 is 5.11 Å².